The first-order valence-corrected chi connectivity index (χ1v) is 3.58. The molecule has 0 amide bonds. The second kappa shape index (κ2) is 3.88. The quantitative estimate of drug-likeness (QED) is 0.682. The van der Waals surface area contributed by atoms with E-state index in [2.05, 4.69) is 4.74 Å². The second-order valence-electron chi connectivity index (χ2n) is 2.53. The summed E-state index contributed by atoms with van der Waals surface area (Å²) in [6, 6.07) is 5.19. The molecule has 0 unspecified atom stereocenters. The van der Waals surface area contributed by atoms with Gasteiger partial charge in [-0.25, -0.2) is 0 Å². The van der Waals surface area contributed by atoms with Crippen molar-refractivity contribution in [2.45, 2.75) is 13.5 Å². The monoisotopic (exact) mass is 166 g/mol. The Bertz CT molecular complexity index is 281. The Morgan fingerprint density at radius 2 is 2.25 bits per heavy atom. The van der Waals surface area contributed by atoms with Gasteiger partial charge < -0.3 is 9.84 Å². The number of hydrogen-bond donors (Lipinski definition) is 1. The number of rotatable bonds is 3. The second-order valence-corrected chi connectivity index (χ2v) is 2.53. The van der Waals surface area contributed by atoms with Crippen LogP contribution < -0.4 is 4.74 Å². The van der Waals surface area contributed by atoms with Crippen molar-refractivity contribution in [3.05, 3.63) is 29.3 Å². The Morgan fingerprint density at radius 1 is 1.50 bits per heavy atom. The van der Waals surface area contributed by atoms with Gasteiger partial charge in [-0.3, -0.25) is 4.79 Å². The summed E-state index contributed by atoms with van der Waals surface area (Å²) in [6.07, 6.45) is 0. The molecular weight excluding hydrogens is 156 g/mol. The molecular formula is C9H10O3. The van der Waals surface area contributed by atoms with E-state index >= 15 is 0 Å². The molecule has 0 aromatic heterocycles. The van der Waals surface area contributed by atoms with Crippen LogP contribution in [0.2, 0.25) is 0 Å². The van der Waals surface area contributed by atoms with Gasteiger partial charge in [0.25, 0.3) is 6.47 Å². The molecule has 0 radical (unpaired) electrons. The number of benzene rings is 1. The van der Waals surface area contributed by atoms with Crippen LogP contribution in [0, 0.1) is 6.92 Å². The molecule has 0 heterocycles. The van der Waals surface area contributed by atoms with E-state index in [-0.39, 0.29) is 6.61 Å². The maximum absolute atomic E-state index is 10.0. The maximum Gasteiger partial charge on any atom is 0.298 e. The summed E-state index contributed by atoms with van der Waals surface area (Å²) < 4.78 is 4.64. The standard InChI is InChI=1S/C9H10O3/c1-7-2-8(5-10)4-9(3-7)12-6-11/h2-4,6,10H,5H2,1H3. The van der Waals surface area contributed by atoms with Crippen LogP contribution in [-0.4, -0.2) is 11.6 Å². The van der Waals surface area contributed by atoms with Gasteiger partial charge in [0.05, 0.1) is 6.61 Å². The molecule has 0 spiro atoms. The molecule has 0 fully saturated rings. The van der Waals surface area contributed by atoms with Crippen LogP contribution >= 0.6 is 0 Å². The van der Waals surface area contributed by atoms with Gasteiger partial charge >= 0.3 is 0 Å². The molecule has 0 atom stereocenters. The highest BCUT2D eigenvalue weighted by Gasteiger charge is 1.97. The molecule has 1 aromatic carbocycles. The minimum absolute atomic E-state index is 0.0447. The fourth-order valence-corrected chi connectivity index (χ4v) is 1.04. The normalized spacial score (nSPS) is 9.50. The third-order valence-corrected chi connectivity index (χ3v) is 1.48. The summed E-state index contributed by atoms with van der Waals surface area (Å²) in [5.74, 6) is 0.467. The zero-order valence-corrected chi connectivity index (χ0v) is 6.78. The lowest BCUT2D eigenvalue weighted by Crippen LogP contribution is -1.91. The van der Waals surface area contributed by atoms with E-state index in [4.69, 9.17) is 5.11 Å². The van der Waals surface area contributed by atoms with Crippen LogP contribution in [0.5, 0.6) is 5.75 Å². The van der Waals surface area contributed by atoms with Crippen LogP contribution in [0.3, 0.4) is 0 Å². The van der Waals surface area contributed by atoms with E-state index in [0.717, 1.165) is 11.1 Å². The van der Waals surface area contributed by atoms with Crippen molar-refractivity contribution < 1.29 is 14.6 Å². The minimum atomic E-state index is -0.0447. The summed E-state index contributed by atoms with van der Waals surface area (Å²) in [5, 5.41) is 8.81. The third kappa shape index (κ3) is 2.07. The number of carbonyl (C=O) groups is 1. The van der Waals surface area contributed by atoms with Gasteiger partial charge in [-0.15, -0.1) is 0 Å². The van der Waals surface area contributed by atoms with Crippen molar-refractivity contribution >= 4 is 6.47 Å². The summed E-state index contributed by atoms with van der Waals surface area (Å²) in [6.45, 7) is 2.20. The van der Waals surface area contributed by atoms with Crippen molar-refractivity contribution in [3.63, 3.8) is 0 Å². The van der Waals surface area contributed by atoms with E-state index in [0.29, 0.717) is 12.2 Å². The lowest BCUT2D eigenvalue weighted by Gasteiger charge is -2.02. The van der Waals surface area contributed by atoms with Crippen molar-refractivity contribution in [1.82, 2.24) is 0 Å². The smallest absolute Gasteiger partial charge is 0.298 e. The zero-order chi connectivity index (χ0) is 8.97. The molecule has 0 aliphatic heterocycles. The number of aryl methyl sites for hydroxylation is 1. The largest absolute Gasteiger partial charge is 0.429 e. The average molecular weight is 166 g/mol. The molecule has 0 bridgehead atoms. The molecule has 1 aromatic rings. The van der Waals surface area contributed by atoms with Crippen LogP contribution in [0.1, 0.15) is 11.1 Å². The highest BCUT2D eigenvalue weighted by atomic mass is 16.5. The summed E-state index contributed by atoms with van der Waals surface area (Å²) in [5.41, 5.74) is 1.70. The molecule has 12 heavy (non-hydrogen) atoms. The first-order valence-electron chi connectivity index (χ1n) is 3.58. The van der Waals surface area contributed by atoms with Crippen LogP contribution in [0.4, 0.5) is 0 Å². The zero-order valence-electron chi connectivity index (χ0n) is 6.78. The molecule has 0 aliphatic rings. The average Bonchev–Trinajstić information content (AvgIpc) is 2.04. The topological polar surface area (TPSA) is 46.5 Å². The molecule has 0 saturated carbocycles. The van der Waals surface area contributed by atoms with Crippen LogP contribution in [-0.2, 0) is 11.4 Å². The summed E-state index contributed by atoms with van der Waals surface area (Å²) in [4.78, 5) is 10.0. The van der Waals surface area contributed by atoms with Gasteiger partial charge in [-0.1, -0.05) is 6.07 Å². The van der Waals surface area contributed by atoms with Gasteiger partial charge in [-0.05, 0) is 30.2 Å². The lowest BCUT2D eigenvalue weighted by atomic mass is 10.1. The summed E-state index contributed by atoms with van der Waals surface area (Å²) >= 11 is 0. The Hall–Kier alpha value is -1.35. The first-order chi connectivity index (χ1) is 5.76. The number of ether oxygens (including phenoxy) is 1. The van der Waals surface area contributed by atoms with Crippen molar-refractivity contribution in [3.8, 4) is 5.75 Å². The third-order valence-electron chi connectivity index (χ3n) is 1.48. The number of aliphatic hydroxyl groups excluding tert-OH is 1. The lowest BCUT2D eigenvalue weighted by molar-refractivity contribution is -0.120. The van der Waals surface area contributed by atoms with E-state index in [1.54, 1.807) is 12.1 Å². The SMILES string of the molecule is Cc1cc(CO)cc(OC=O)c1. The highest BCUT2D eigenvalue weighted by Crippen LogP contribution is 2.15. The fourth-order valence-electron chi connectivity index (χ4n) is 1.04. The van der Waals surface area contributed by atoms with Crippen molar-refractivity contribution in [1.29, 1.82) is 0 Å². The number of aliphatic hydroxyl groups is 1. The van der Waals surface area contributed by atoms with E-state index in [1.807, 2.05) is 13.0 Å². The van der Waals surface area contributed by atoms with Gasteiger partial charge in [0, 0.05) is 0 Å². The highest BCUT2D eigenvalue weighted by molar-refractivity contribution is 5.46. The Balaban J connectivity index is 2.97. The molecule has 3 nitrogen and oxygen atoms in total. The van der Waals surface area contributed by atoms with Gasteiger partial charge in [0.1, 0.15) is 5.75 Å². The van der Waals surface area contributed by atoms with Gasteiger partial charge in [-0.2, -0.15) is 0 Å². The molecule has 0 aliphatic carbocycles. The predicted octanol–water partition coefficient (Wildman–Crippen LogP) is 1.02. The van der Waals surface area contributed by atoms with Crippen molar-refractivity contribution in [2.24, 2.45) is 0 Å². The van der Waals surface area contributed by atoms with E-state index in [9.17, 15) is 4.79 Å². The van der Waals surface area contributed by atoms with Crippen LogP contribution in [0.15, 0.2) is 18.2 Å². The van der Waals surface area contributed by atoms with E-state index < -0.39 is 0 Å². The van der Waals surface area contributed by atoms with Crippen LogP contribution in [0.25, 0.3) is 0 Å². The summed E-state index contributed by atoms with van der Waals surface area (Å²) in [7, 11) is 0. The minimum Gasteiger partial charge on any atom is -0.429 e. The Labute approximate surface area is 70.6 Å². The van der Waals surface area contributed by atoms with Gasteiger partial charge in [0.15, 0.2) is 0 Å². The molecule has 3 heteroatoms. The molecule has 0 saturated heterocycles. The first kappa shape index (κ1) is 8.74. The molecule has 1 N–H and O–H groups in total. The number of hydrogen-bond acceptors (Lipinski definition) is 3. The molecule has 1 rings (SSSR count). The fraction of sp³-hybridized carbons (Fsp3) is 0.222. The Morgan fingerprint density at radius 3 is 2.83 bits per heavy atom. The van der Waals surface area contributed by atoms with Crippen molar-refractivity contribution in [2.75, 3.05) is 0 Å². The van der Waals surface area contributed by atoms with E-state index in [1.165, 1.54) is 0 Å². The predicted molar refractivity (Wildman–Crippen MR) is 43.8 cm³/mol. The number of carbonyl (C=O) groups excluding carboxylic acids is 1. The maximum atomic E-state index is 10.0. The Kier molecular flexibility index (Phi) is 2.82. The molecule has 64 valence electrons. The van der Waals surface area contributed by atoms with Gasteiger partial charge in [0.2, 0.25) is 0 Å².